The highest BCUT2D eigenvalue weighted by atomic mass is 15.0. The Kier molecular flexibility index (Phi) is 9.78. The smallest absolute Gasteiger partial charge is 0.164 e. The highest BCUT2D eigenvalue weighted by Gasteiger charge is 2.20. The van der Waals surface area contributed by atoms with Gasteiger partial charge in [0.05, 0.1) is 33.1 Å². The standard InChI is InChI=1S/C69H44N6/c1-4-18-45(19-5-1)67-70-68(46-20-6-2-7-21-46)72-69(71-67)51-24-16-22-47(40-51)48-23-17-27-53(41-48)74-62-32-14-10-28-55(62)58-42-49(34-37-64(58)74)50-35-38-65-59(43-50)56-29-11-15-33-63(56)75(65)54-36-39-66-60(44-54)57-30-12-13-31-61(57)73(66)52-25-8-3-9-26-52/h1-44H. The van der Waals surface area contributed by atoms with Crippen LogP contribution < -0.4 is 0 Å². The van der Waals surface area contributed by atoms with Crippen molar-refractivity contribution in [2.45, 2.75) is 0 Å². The van der Waals surface area contributed by atoms with Gasteiger partial charge in [0.15, 0.2) is 17.5 Å². The Morgan fingerprint density at radius 2 is 0.520 bits per heavy atom. The molecule has 0 amide bonds. The van der Waals surface area contributed by atoms with Crippen molar-refractivity contribution in [1.29, 1.82) is 0 Å². The molecule has 0 aliphatic rings. The van der Waals surface area contributed by atoms with E-state index in [4.69, 9.17) is 15.0 Å². The van der Waals surface area contributed by atoms with Gasteiger partial charge in [-0.2, -0.15) is 0 Å². The lowest BCUT2D eigenvalue weighted by Gasteiger charge is -2.12. The van der Waals surface area contributed by atoms with E-state index in [2.05, 4.69) is 220 Å². The molecular weight excluding hydrogens is 913 g/mol. The molecule has 0 aliphatic heterocycles. The first-order valence-corrected chi connectivity index (χ1v) is 25.4. The van der Waals surface area contributed by atoms with Crippen molar-refractivity contribution in [2.75, 3.05) is 0 Å². The third-order valence-corrected chi connectivity index (χ3v) is 14.9. The summed E-state index contributed by atoms with van der Waals surface area (Å²) in [5.41, 5.74) is 17.8. The lowest BCUT2D eigenvalue weighted by atomic mass is 10.0. The van der Waals surface area contributed by atoms with E-state index in [1.807, 2.05) is 60.7 Å². The maximum atomic E-state index is 5.03. The highest BCUT2D eigenvalue weighted by Crippen LogP contribution is 2.41. The van der Waals surface area contributed by atoms with Crippen LogP contribution in [0, 0.1) is 0 Å². The zero-order valence-electron chi connectivity index (χ0n) is 40.6. The lowest BCUT2D eigenvalue weighted by Crippen LogP contribution is -2.00. The molecule has 4 heterocycles. The van der Waals surface area contributed by atoms with Crippen molar-refractivity contribution in [3.8, 4) is 73.5 Å². The number of benzene rings is 11. The highest BCUT2D eigenvalue weighted by molar-refractivity contribution is 6.14. The average molecular weight is 957 g/mol. The van der Waals surface area contributed by atoms with E-state index >= 15 is 0 Å². The number of hydrogen-bond donors (Lipinski definition) is 0. The first-order valence-electron chi connectivity index (χ1n) is 25.4. The van der Waals surface area contributed by atoms with E-state index in [-0.39, 0.29) is 0 Å². The van der Waals surface area contributed by atoms with Gasteiger partial charge in [-0.25, -0.2) is 15.0 Å². The average Bonchev–Trinajstić information content (AvgIpc) is 4.14. The van der Waals surface area contributed by atoms with E-state index in [1.165, 1.54) is 65.5 Å². The van der Waals surface area contributed by atoms with Gasteiger partial charge in [-0.15, -0.1) is 0 Å². The molecule has 0 fully saturated rings. The van der Waals surface area contributed by atoms with Crippen LogP contribution in [0.25, 0.3) is 139 Å². The monoisotopic (exact) mass is 956 g/mol. The van der Waals surface area contributed by atoms with Gasteiger partial charge < -0.3 is 13.7 Å². The van der Waals surface area contributed by atoms with Crippen LogP contribution in [0.1, 0.15) is 0 Å². The Hall–Kier alpha value is -10.2. The molecule has 0 bridgehead atoms. The zero-order chi connectivity index (χ0) is 49.4. The van der Waals surface area contributed by atoms with Crippen LogP contribution in [0.2, 0.25) is 0 Å². The molecule has 75 heavy (non-hydrogen) atoms. The number of rotatable bonds is 8. The fraction of sp³-hybridized carbons (Fsp3) is 0. The molecule has 0 N–H and O–H groups in total. The minimum absolute atomic E-state index is 0.630. The zero-order valence-corrected chi connectivity index (χ0v) is 40.6. The van der Waals surface area contributed by atoms with Crippen molar-refractivity contribution < 1.29 is 0 Å². The fourth-order valence-corrected chi connectivity index (χ4v) is 11.4. The predicted molar refractivity (Wildman–Crippen MR) is 310 cm³/mol. The first-order chi connectivity index (χ1) is 37.2. The van der Waals surface area contributed by atoms with E-state index in [9.17, 15) is 0 Å². The van der Waals surface area contributed by atoms with Gasteiger partial charge in [0.25, 0.3) is 0 Å². The number of nitrogens with zero attached hydrogens (tertiary/aromatic N) is 6. The van der Waals surface area contributed by atoms with Gasteiger partial charge in [-0.05, 0) is 113 Å². The molecule has 0 atom stereocenters. The Bertz CT molecular complexity index is 4640. The van der Waals surface area contributed by atoms with Crippen LogP contribution in [-0.4, -0.2) is 28.7 Å². The second-order valence-corrected chi connectivity index (χ2v) is 19.2. The van der Waals surface area contributed by atoms with Crippen LogP contribution in [0.15, 0.2) is 267 Å². The van der Waals surface area contributed by atoms with Crippen LogP contribution in [0.4, 0.5) is 0 Å². The lowest BCUT2D eigenvalue weighted by molar-refractivity contribution is 1.07. The molecule has 350 valence electrons. The van der Waals surface area contributed by atoms with Gasteiger partial charge in [-0.1, -0.05) is 176 Å². The van der Waals surface area contributed by atoms with Crippen molar-refractivity contribution >= 4 is 65.4 Å². The summed E-state index contributed by atoms with van der Waals surface area (Å²) in [6, 6.07) is 95.4. The molecule has 4 aromatic heterocycles. The summed E-state index contributed by atoms with van der Waals surface area (Å²) in [5, 5.41) is 7.34. The van der Waals surface area contributed by atoms with E-state index in [0.29, 0.717) is 17.5 Å². The maximum absolute atomic E-state index is 5.03. The summed E-state index contributed by atoms with van der Waals surface area (Å²) in [6.45, 7) is 0. The van der Waals surface area contributed by atoms with Crippen molar-refractivity contribution in [3.63, 3.8) is 0 Å². The van der Waals surface area contributed by atoms with Gasteiger partial charge in [0.2, 0.25) is 0 Å². The van der Waals surface area contributed by atoms with Crippen LogP contribution >= 0.6 is 0 Å². The summed E-state index contributed by atoms with van der Waals surface area (Å²) in [6.07, 6.45) is 0. The normalized spacial score (nSPS) is 11.7. The Morgan fingerprint density at radius 1 is 0.187 bits per heavy atom. The van der Waals surface area contributed by atoms with Gasteiger partial charge >= 0.3 is 0 Å². The molecule has 0 saturated heterocycles. The number of fused-ring (bicyclic) bond motifs is 9. The topological polar surface area (TPSA) is 53.5 Å². The molecule has 15 rings (SSSR count). The molecule has 6 nitrogen and oxygen atoms in total. The molecular formula is C69H44N6. The minimum atomic E-state index is 0.630. The Labute approximate surface area is 432 Å². The molecule has 0 radical (unpaired) electrons. The van der Waals surface area contributed by atoms with Gasteiger partial charge in [-0.3, -0.25) is 0 Å². The van der Waals surface area contributed by atoms with Gasteiger partial charge in [0, 0.05) is 66.1 Å². The molecule has 0 aliphatic carbocycles. The second-order valence-electron chi connectivity index (χ2n) is 19.2. The minimum Gasteiger partial charge on any atom is -0.309 e. The molecule has 0 saturated carbocycles. The van der Waals surface area contributed by atoms with E-state index in [1.54, 1.807) is 0 Å². The second kappa shape index (κ2) is 17.3. The Balaban J connectivity index is 0.810. The van der Waals surface area contributed by atoms with Crippen molar-refractivity contribution in [1.82, 2.24) is 28.7 Å². The third-order valence-electron chi connectivity index (χ3n) is 14.9. The van der Waals surface area contributed by atoms with Crippen molar-refractivity contribution in [3.05, 3.63) is 267 Å². The van der Waals surface area contributed by atoms with E-state index < -0.39 is 0 Å². The molecule has 11 aromatic carbocycles. The van der Waals surface area contributed by atoms with Crippen LogP contribution in [0.3, 0.4) is 0 Å². The largest absolute Gasteiger partial charge is 0.309 e. The summed E-state index contributed by atoms with van der Waals surface area (Å²) < 4.78 is 7.21. The summed E-state index contributed by atoms with van der Waals surface area (Å²) in [7, 11) is 0. The summed E-state index contributed by atoms with van der Waals surface area (Å²) in [4.78, 5) is 15.0. The van der Waals surface area contributed by atoms with E-state index in [0.717, 1.165) is 55.9 Å². The van der Waals surface area contributed by atoms with Crippen molar-refractivity contribution in [2.24, 2.45) is 0 Å². The Morgan fingerprint density at radius 3 is 1.05 bits per heavy atom. The molecule has 15 aromatic rings. The molecule has 6 heteroatoms. The SMILES string of the molecule is c1ccc(-c2nc(-c3ccccc3)nc(-c3cccc(-c4cccc(-n5c6ccccc6c6cc(-c7ccc8c(c7)c7ccccc7n8-c7ccc8c(c7)c7ccccc7n8-c7ccccc7)ccc65)c4)c3)n2)cc1. The first kappa shape index (κ1) is 42.5. The third kappa shape index (κ3) is 7.07. The fourth-order valence-electron chi connectivity index (χ4n) is 11.4. The predicted octanol–water partition coefficient (Wildman–Crippen LogP) is 17.5. The summed E-state index contributed by atoms with van der Waals surface area (Å²) >= 11 is 0. The van der Waals surface area contributed by atoms with Crippen LogP contribution in [-0.2, 0) is 0 Å². The molecule has 0 spiro atoms. The van der Waals surface area contributed by atoms with Gasteiger partial charge in [0.1, 0.15) is 0 Å². The quantitative estimate of drug-likeness (QED) is 0.152. The number of aromatic nitrogens is 6. The summed E-state index contributed by atoms with van der Waals surface area (Å²) in [5.74, 6) is 1.91. The number of hydrogen-bond acceptors (Lipinski definition) is 3. The maximum Gasteiger partial charge on any atom is 0.164 e. The number of para-hydroxylation sites is 4. The molecule has 0 unspecified atom stereocenters. The van der Waals surface area contributed by atoms with Crippen LogP contribution in [0.5, 0.6) is 0 Å².